The zero-order chi connectivity index (χ0) is 24.1. The van der Waals surface area contributed by atoms with Crippen molar-refractivity contribution in [1.82, 2.24) is 14.9 Å². The van der Waals surface area contributed by atoms with Crippen LogP contribution >= 0.6 is 11.6 Å². The molecule has 2 N–H and O–H groups in total. The van der Waals surface area contributed by atoms with Gasteiger partial charge in [-0.3, -0.25) is 9.59 Å². The first-order valence-electron chi connectivity index (χ1n) is 11.8. The Morgan fingerprint density at radius 3 is 2.29 bits per heavy atom. The number of halogens is 1. The van der Waals surface area contributed by atoms with Crippen LogP contribution < -0.4 is 10.6 Å². The lowest BCUT2D eigenvalue weighted by atomic mass is 10.1. The second-order valence-corrected chi connectivity index (χ2v) is 11.3. The van der Waals surface area contributed by atoms with Gasteiger partial charge in [0.1, 0.15) is 6.04 Å². The number of amides is 2. The molecule has 9 heteroatoms. The summed E-state index contributed by atoms with van der Waals surface area (Å²) in [7, 11) is -3.97. The number of carbonyl (C=O) groups is 2. The Labute approximate surface area is 205 Å². The van der Waals surface area contributed by atoms with E-state index < -0.39 is 16.1 Å². The van der Waals surface area contributed by atoms with Gasteiger partial charge in [0, 0.05) is 29.7 Å². The van der Waals surface area contributed by atoms with Gasteiger partial charge in [-0.25, -0.2) is 8.42 Å². The second kappa shape index (κ2) is 10.9. The summed E-state index contributed by atoms with van der Waals surface area (Å²) in [4.78, 5) is 25.4. The number of hydrogen-bond acceptors (Lipinski definition) is 4. The first kappa shape index (κ1) is 24.7. The highest BCUT2D eigenvalue weighted by Gasteiger charge is 2.36. The largest absolute Gasteiger partial charge is 0.355 e. The van der Waals surface area contributed by atoms with Gasteiger partial charge in [0.05, 0.1) is 4.90 Å². The molecule has 34 heavy (non-hydrogen) atoms. The average Bonchev–Trinajstić information content (AvgIpc) is 3.24. The van der Waals surface area contributed by atoms with Crippen molar-refractivity contribution in [1.29, 1.82) is 0 Å². The lowest BCUT2D eigenvalue weighted by molar-refractivity contribution is -0.124. The molecule has 1 heterocycles. The highest BCUT2D eigenvalue weighted by molar-refractivity contribution is 7.89. The van der Waals surface area contributed by atoms with E-state index in [1.54, 1.807) is 24.3 Å². The molecule has 2 aliphatic rings. The van der Waals surface area contributed by atoms with Crippen molar-refractivity contribution < 1.29 is 18.0 Å². The molecule has 182 valence electrons. The normalized spacial score (nSPS) is 19.6. The number of rotatable bonds is 7. The maximum Gasteiger partial charge on any atom is 0.251 e. The Balaban J connectivity index is 1.58. The smallest absolute Gasteiger partial charge is 0.251 e. The maximum absolute atomic E-state index is 13.6. The molecule has 2 aromatic rings. The molecule has 0 aromatic heterocycles. The lowest BCUT2D eigenvalue weighted by Gasteiger charge is -2.29. The molecule has 1 aliphatic carbocycles. The molecule has 2 amide bonds. The molecule has 7 nitrogen and oxygen atoms in total. The average molecular weight is 504 g/mol. The summed E-state index contributed by atoms with van der Waals surface area (Å²) < 4.78 is 28.5. The van der Waals surface area contributed by atoms with Gasteiger partial charge in [-0.1, -0.05) is 36.6 Å². The second-order valence-electron chi connectivity index (χ2n) is 8.96. The number of nitrogens with zero attached hydrogens (tertiary/aromatic N) is 1. The van der Waals surface area contributed by atoms with E-state index in [2.05, 4.69) is 10.6 Å². The van der Waals surface area contributed by atoms with Gasteiger partial charge in [-0.05, 0) is 74.1 Å². The molecule has 2 fully saturated rings. The molecule has 0 unspecified atom stereocenters. The Morgan fingerprint density at radius 2 is 1.62 bits per heavy atom. The molecule has 1 saturated carbocycles. The summed E-state index contributed by atoms with van der Waals surface area (Å²) in [6.45, 7) is 0.558. The molecule has 0 spiro atoms. The van der Waals surface area contributed by atoms with Crippen LogP contribution in [0.25, 0.3) is 0 Å². The number of benzene rings is 2. The Kier molecular flexibility index (Phi) is 7.91. The van der Waals surface area contributed by atoms with Crippen LogP contribution in [0.3, 0.4) is 0 Å². The van der Waals surface area contributed by atoms with Gasteiger partial charge >= 0.3 is 0 Å². The zero-order valence-electron chi connectivity index (χ0n) is 19.0. The molecule has 1 saturated heterocycles. The van der Waals surface area contributed by atoms with E-state index >= 15 is 0 Å². The highest BCUT2D eigenvalue weighted by atomic mass is 35.5. The van der Waals surface area contributed by atoms with Crippen molar-refractivity contribution in [2.45, 2.75) is 68.5 Å². The first-order valence-corrected chi connectivity index (χ1v) is 13.6. The first-order chi connectivity index (χ1) is 16.3. The third-order valence-electron chi connectivity index (χ3n) is 6.52. The van der Waals surface area contributed by atoms with E-state index in [1.165, 1.54) is 28.6 Å². The van der Waals surface area contributed by atoms with Crippen LogP contribution in [-0.4, -0.2) is 43.2 Å². The molecule has 0 bridgehead atoms. The number of carbonyl (C=O) groups excluding carboxylic acids is 2. The van der Waals surface area contributed by atoms with Gasteiger partial charge in [0.25, 0.3) is 5.91 Å². The van der Waals surface area contributed by atoms with Gasteiger partial charge in [0.15, 0.2) is 0 Å². The zero-order valence-corrected chi connectivity index (χ0v) is 20.6. The molecular weight excluding hydrogens is 474 g/mol. The Morgan fingerprint density at radius 1 is 0.971 bits per heavy atom. The summed E-state index contributed by atoms with van der Waals surface area (Å²) in [6, 6.07) is 12.3. The fraction of sp³-hybridized carbons (Fsp3) is 0.440. The Bertz CT molecular complexity index is 1110. The van der Waals surface area contributed by atoms with Crippen LogP contribution in [0.1, 0.15) is 60.9 Å². The molecule has 1 aliphatic heterocycles. The van der Waals surface area contributed by atoms with E-state index in [0.29, 0.717) is 29.1 Å². The quantitative estimate of drug-likeness (QED) is 0.599. The van der Waals surface area contributed by atoms with Crippen molar-refractivity contribution >= 4 is 33.4 Å². The van der Waals surface area contributed by atoms with E-state index in [0.717, 1.165) is 38.5 Å². The molecular formula is C25H30ClN3O4S. The molecule has 0 radical (unpaired) electrons. The highest BCUT2D eigenvalue weighted by Crippen LogP contribution is 2.26. The van der Waals surface area contributed by atoms with Crippen molar-refractivity contribution in [3.8, 4) is 0 Å². The fourth-order valence-electron chi connectivity index (χ4n) is 4.58. The van der Waals surface area contributed by atoms with E-state index in [9.17, 15) is 18.0 Å². The summed E-state index contributed by atoms with van der Waals surface area (Å²) in [5.41, 5.74) is 1.24. The van der Waals surface area contributed by atoms with Gasteiger partial charge in [-0.2, -0.15) is 4.31 Å². The number of sulfonamides is 1. The van der Waals surface area contributed by atoms with Gasteiger partial charge < -0.3 is 10.6 Å². The van der Waals surface area contributed by atoms with E-state index in [-0.39, 0.29) is 29.3 Å². The summed E-state index contributed by atoms with van der Waals surface area (Å²) in [5, 5.41) is 6.33. The van der Waals surface area contributed by atoms with Gasteiger partial charge in [0.2, 0.25) is 15.9 Å². The number of hydrogen-bond donors (Lipinski definition) is 2. The third kappa shape index (κ3) is 5.79. The van der Waals surface area contributed by atoms with Crippen molar-refractivity contribution in [2.75, 3.05) is 6.54 Å². The van der Waals surface area contributed by atoms with Gasteiger partial charge in [-0.15, -0.1) is 0 Å². The maximum atomic E-state index is 13.6. The Hall–Kier alpha value is -2.42. The van der Waals surface area contributed by atoms with Crippen molar-refractivity contribution in [3.05, 3.63) is 64.7 Å². The van der Waals surface area contributed by atoms with Crippen LogP contribution in [0.2, 0.25) is 5.02 Å². The van der Waals surface area contributed by atoms with Crippen molar-refractivity contribution in [2.24, 2.45) is 0 Å². The minimum atomic E-state index is -3.97. The minimum absolute atomic E-state index is 0.0214. The summed E-state index contributed by atoms with van der Waals surface area (Å²) >= 11 is 5.95. The van der Waals surface area contributed by atoms with Crippen LogP contribution in [0.5, 0.6) is 0 Å². The van der Waals surface area contributed by atoms with Crippen LogP contribution in [0, 0.1) is 0 Å². The van der Waals surface area contributed by atoms with Crippen molar-refractivity contribution in [3.63, 3.8) is 0 Å². The summed E-state index contributed by atoms with van der Waals surface area (Å²) in [6.07, 6.45) is 6.28. The minimum Gasteiger partial charge on any atom is -0.355 e. The van der Waals surface area contributed by atoms with Crippen LogP contribution in [0.15, 0.2) is 53.4 Å². The predicted octanol–water partition coefficient (Wildman–Crippen LogP) is 3.87. The van der Waals surface area contributed by atoms with Crippen LogP contribution in [0.4, 0.5) is 0 Å². The van der Waals surface area contributed by atoms with E-state index in [1.807, 2.05) is 0 Å². The fourth-order valence-corrected chi connectivity index (χ4v) is 6.31. The topological polar surface area (TPSA) is 95.6 Å². The number of nitrogens with one attached hydrogen (secondary N) is 2. The third-order valence-corrected chi connectivity index (χ3v) is 8.64. The molecule has 4 rings (SSSR count). The summed E-state index contributed by atoms with van der Waals surface area (Å²) in [5.74, 6) is -0.408. The molecule has 1 atom stereocenters. The van der Waals surface area contributed by atoms with E-state index in [4.69, 9.17) is 11.6 Å². The molecule has 2 aromatic carbocycles. The monoisotopic (exact) mass is 503 g/mol. The lowest BCUT2D eigenvalue weighted by Crippen LogP contribution is -2.48. The SMILES string of the molecule is O=C(NC1CCCC1)c1ccc(CN([C@@H]2CCCCNC2=O)S(=O)(=O)c2ccc(Cl)cc2)cc1. The standard InChI is InChI=1S/C25H30ClN3O4S/c26-20-12-14-22(15-13-20)34(32,33)29(23-7-3-4-16-27-25(23)31)17-18-8-10-19(11-9-18)24(30)28-21-5-1-2-6-21/h8-15,21,23H,1-7,16-17H2,(H,27,31)(H,28,30)/t23-/m1/s1. The van der Waals surface area contributed by atoms with Crippen LogP contribution in [-0.2, 0) is 21.4 Å². The predicted molar refractivity (Wildman–Crippen MR) is 131 cm³/mol.